The Labute approximate surface area is 108 Å². The quantitative estimate of drug-likeness (QED) is 0.817. The van der Waals surface area contributed by atoms with Gasteiger partial charge in [0.25, 0.3) is 0 Å². The zero-order valence-electron chi connectivity index (χ0n) is 10.2. The molecular formula is C14H21NO3. The van der Waals surface area contributed by atoms with E-state index in [0.717, 1.165) is 12.8 Å². The summed E-state index contributed by atoms with van der Waals surface area (Å²) < 4.78 is 10.5. The number of nitrogens with one attached hydrogen (secondary N) is 1. The van der Waals surface area contributed by atoms with Crippen LogP contribution in [0.5, 0.6) is 11.5 Å². The smallest absolute Gasteiger partial charge is 0.231 e. The molecule has 0 aliphatic carbocycles. The standard InChI is InChI=1S/C13H17NO3.CH4/c1-3-4-10(14-2)13(15)9-5-6-11-12(7-9)17-8-16-11;/h5-7,10,14H,3-4,8H2,1-2H3;1H4. The molecule has 0 saturated carbocycles. The third-order valence-corrected chi connectivity index (χ3v) is 2.90. The number of Topliss-reactive ketones (excluding diaryl/α,β-unsaturated/α-hetero) is 1. The fourth-order valence-electron chi connectivity index (χ4n) is 1.95. The molecule has 4 heteroatoms. The highest BCUT2D eigenvalue weighted by molar-refractivity contribution is 6.00. The zero-order chi connectivity index (χ0) is 12.3. The molecule has 0 amide bonds. The molecule has 0 bridgehead atoms. The van der Waals surface area contributed by atoms with Crippen molar-refractivity contribution < 1.29 is 14.3 Å². The summed E-state index contributed by atoms with van der Waals surface area (Å²) in [5.74, 6) is 1.47. The minimum atomic E-state index is -0.125. The number of benzene rings is 1. The Hall–Kier alpha value is -1.55. The lowest BCUT2D eigenvalue weighted by Crippen LogP contribution is -2.33. The van der Waals surface area contributed by atoms with Crippen LogP contribution < -0.4 is 14.8 Å². The highest BCUT2D eigenvalue weighted by Crippen LogP contribution is 2.32. The molecule has 0 fully saturated rings. The van der Waals surface area contributed by atoms with Crippen molar-refractivity contribution in [3.8, 4) is 11.5 Å². The second kappa shape index (κ2) is 6.40. The predicted molar refractivity (Wildman–Crippen MR) is 71.4 cm³/mol. The lowest BCUT2D eigenvalue weighted by atomic mass is 10.0. The lowest BCUT2D eigenvalue weighted by Gasteiger charge is -2.14. The van der Waals surface area contributed by atoms with E-state index in [1.54, 1.807) is 18.2 Å². The van der Waals surface area contributed by atoms with Gasteiger partial charge in [-0.3, -0.25) is 4.79 Å². The van der Waals surface area contributed by atoms with Gasteiger partial charge in [-0.05, 0) is 31.7 Å². The zero-order valence-corrected chi connectivity index (χ0v) is 10.2. The van der Waals surface area contributed by atoms with Crippen LogP contribution >= 0.6 is 0 Å². The molecule has 1 N–H and O–H groups in total. The van der Waals surface area contributed by atoms with Crippen molar-refractivity contribution in [3.05, 3.63) is 23.8 Å². The number of carbonyl (C=O) groups excluding carboxylic acids is 1. The topological polar surface area (TPSA) is 47.6 Å². The van der Waals surface area contributed by atoms with Crippen LogP contribution in [0.3, 0.4) is 0 Å². The molecule has 2 rings (SSSR count). The third-order valence-electron chi connectivity index (χ3n) is 2.90. The van der Waals surface area contributed by atoms with Crippen LogP contribution in [0.2, 0.25) is 0 Å². The monoisotopic (exact) mass is 251 g/mol. The number of ether oxygens (including phenoxy) is 2. The van der Waals surface area contributed by atoms with E-state index in [1.165, 1.54) is 0 Å². The number of ketones is 1. The van der Waals surface area contributed by atoms with Crippen molar-refractivity contribution in [2.75, 3.05) is 13.8 Å². The van der Waals surface area contributed by atoms with Gasteiger partial charge in [-0.15, -0.1) is 0 Å². The Morgan fingerprint density at radius 1 is 1.39 bits per heavy atom. The Balaban J connectivity index is 0.00000162. The second-order valence-electron chi connectivity index (χ2n) is 4.06. The summed E-state index contributed by atoms with van der Waals surface area (Å²) in [6.45, 7) is 2.30. The molecule has 1 aromatic rings. The number of carbonyl (C=O) groups is 1. The minimum Gasteiger partial charge on any atom is -0.454 e. The lowest BCUT2D eigenvalue weighted by molar-refractivity contribution is 0.0941. The first kappa shape index (κ1) is 14.5. The molecule has 0 saturated heterocycles. The Kier molecular flexibility index (Phi) is 5.16. The number of hydrogen-bond donors (Lipinski definition) is 1. The Morgan fingerprint density at radius 3 is 2.78 bits per heavy atom. The molecular weight excluding hydrogens is 230 g/mol. The molecule has 1 atom stereocenters. The SMILES string of the molecule is C.CCCC(NC)C(=O)c1ccc2c(c1)OCO2. The molecule has 0 aromatic heterocycles. The summed E-state index contributed by atoms with van der Waals surface area (Å²) in [5.41, 5.74) is 0.669. The van der Waals surface area contributed by atoms with Crippen molar-refractivity contribution in [1.82, 2.24) is 5.32 Å². The van der Waals surface area contributed by atoms with Gasteiger partial charge in [0, 0.05) is 5.56 Å². The average molecular weight is 251 g/mol. The fraction of sp³-hybridized carbons (Fsp3) is 0.500. The van der Waals surface area contributed by atoms with Crippen molar-refractivity contribution in [1.29, 1.82) is 0 Å². The van der Waals surface area contributed by atoms with E-state index in [2.05, 4.69) is 12.2 Å². The van der Waals surface area contributed by atoms with E-state index in [-0.39, 0.29) is 26.0 Å². The number of fused-ring (bicyclic) bond motifs is 1. The van der Waals surface area contributed by atoms with E-state index in [0.29, 0.717) is 17.1 Å². The maximum atomic E-state index is 12.2. The van der Waals surface area contributed by atoms with Crippen LogP contribution in [0, 0.1) is 0 Å². The molecule has 1 aromatic carbocycles. The van der Waals surface area contributed by atoms with E-state index in [4.69, 9.17) is 9.47 Å². The summed E-state index contributed by atoms with van der Waals surface area (Å²) in [6, 6.07) is 5.20. The molecule has 1 aliphatic heterocycles. The molecule has 0 spiro atoms. The van der Waals surface area contributed by atoms with Gasteiger partial charge >= 0.3 is 0 Å². The molecule has 0 radical (unpaired) electrons. The van der Waals surface area contributed by atoms with Gasteiger partial charge in [-0.2, -0.15) is 0 Å². The van der Waals surface area contributed by atoms with Crippen molar-refractivity contribution in [2.24, 2.45) is 0 Å². The van der Waals surface area contributed by atoms with Gasteiger partial charge in [0.05, 0.1) is 6.04 Å². The molecule has 4 nitrogen and oxygen atoms in total. The number of rotatable bonds is 5. The van der Waals surface area contributed by atoms with Gasteiger partial charge in [0.2, 0.25) is 6.79 Å². The first-order chi connectivity index (χ1) is 8.26. The maximum Gasteiger partial charge on any atom is 0.231 e. The molecule has 1 heterocycles. The summed E-state index contributed by atoms with van der Waals surface area (Å²) in [6.07, 6.45) is 1.81. The summed E-state index contributed by atoms with van der Waals surface area (Å²) in [7, 11) is 1.81. The van der Waals surface area contributed by atoms with Crippen LogP contribution in [-0.4, -0.2) is 25.7 Å². The molecule has 1 aliphatic rings. The van der Waals surface area contributed by atoms with Gasteiger partial charge < -0.3 is 14.8 Å². The largest absolute Gasteiger partial charge is 0.454 e. The Bertz CT molecular complexity index is 418. The van der Waals surface area contributed by atoms with E-state index in [1.807, 2.05) is 7.05 Å². The van der Waals surface area contributed by atoms with Crippen LogP contribution in [0.4, 0.5) is 0 Å². The van der Waals surface area contributed by atoms with E-state index in [9.17, 15) is 4.79 Å². The van der Waals surface area contributed by atoms with Gasteiger partial charge in [-0.25, -0.2) is 0 Å². The number of likely N-dealkylation sites (N-methyl/N-ethyl adjacent to an activating group) is 1. The third kappa shape index (κ3) is 2.82. The van der Waals surface area contributed by atoms with Gasteiger partial charge in [-0.1, -0.05) is 20.8 Å². The van der Waals surface area contributed by atoms with Crippen molar-refractivity contribution >= 4 is 5.78 Å². The van der Waals surface area contributed by atoms with E-state index >= 15 is 0 Å². The second-order valence-corrected chi connectivity index (χ2v) is 4.06. The first-order valence-corrected chi connectivity index (χ1v) is 5.87. The van der Waals surface area contributed by atoms with Crippen LogP contribution in [0.1, 0.15) is 37.6 Å². The maximum absolute atomic E-state index is 12.2. The van der Waals surface area contributed by atoms with Crippen LogP contribution in [0.25, 0.3) is 0 Å². The van der Waals surface area contributed by atoms with E-state index < -0.39 is 0 Å². The highest BCUT2D eigenvalue weighted by atomic mass is 16.7. The summed E-state index contributed by atoms with van der Waals surface area (Å²) in [5, 5.41) is 3.05. The normalized spacial score (nSPS) is 13.9. The number of hydrogen-bond acceptors (Lipinski definition) is 4. The molecule has 18 heavy (non-hydrogen) atoms. The molecule has 1 unspecified atom stereocenters. The van der Waals surface area contributed by atoms with Crippen LogP contribution in [-0.2, 0) is 0 Å². The summed E-state index contributed by atoms with van der Waals surface area (Å²) >= 11 is 0. The average Bonchev–Trinajstić information content (AvgIpc) is 2.82. The van der Waals surface area contributed by atoms with Crippen molar-refractivity contribution in [3.63, 3.8) is 0 Å². The predicted octanol–water partition coefficient (Wildman–Crippen LogP) is 2.62. The van der Waals surface area contributed by atoms with Crippen LogP contribution in [0.15, 0.2) is 18.2 Å². The van der Waals surface area contributed by atoms with Crippen molar-refractivity contribution in [2.45, 2.75) is 33.2 Å². The fourth-order valence-corrected chi connectivity index (χ4v) is 1.95. The highest BCUT2D eigenvalue weighted by Gasteiger charge is 2.20. The minimum absolute atomic E-state index is 0. The Morgan fingerprint density at radius 2 is 2.11 bits per heavy atom. The first-order valence-electron chi connectivity index (χ1n) is 5.87. The molecule has 100 valence electrons. The van der Waals surface area contributed by atoms with Gasteiger partial charge in [0.1, 0.15) is 0 Å². The summed E-state index contributed by atoms with van der Waals surface area (Å²) in [4.78, 5) is 12.2. The van der Waals surface area contributed by atoms with Gasteiger partial charge in [0.15, 0.2) is 17.3 Å².